The summed E-state index contributed by atoms with van der Waals surface area (Å²) in [6, 6.07) is 14.8. The minimum atomic E-state index is -0.177. The Bertz CT molecular complexity index is 738. The fourth-order valence-corrected chi connectivity index (χ4v) is 2.82. The molecule has 1 N–H and O–H groups in total. The fourth-order valence-electron chi connectivity index (χ4n) is 2.54. The lowest BCUT2D eigenvalue weighted by atomic mass is 10.2. The second-order valence-electron chi connectivity index (χ2n) is 6.20. The van der Waals surface area contributed by atoms with E-state index in [1.807, 2.05) is 42.2 Å². The van der Waals surface area contributed by atoms with Gasteiger partial charge >= 0.3 is 0 Å². The van der Waals surface area contributed by atoms with Gasteiger partial charge < -0.3 is 15.0 Å². The van der Waals surface area contributed by atoms with Gasteiger partial charge in [0.2, 0.25) is 0 Å². The number of benzene rings is 2. The van der Waals surface area contributed by atoms with E-state index in [1.165, 1.54) is 0 Å². The van der Waals surface area contributed by atoms with Gasteiger partial charge in [-0.05, 0) is 62.3 Å². The Morgan fingerprint density at radius 3 is 2.35 bits per heavy atom. The summed E-state index contributed by atoms with van der Waals surface area (Å²) in [6.07, 6.45) is 2.00. The van der Waals surface area contributed by atoms with Crippen molar-refractivity contribution in [3.05, 3.63) is 59.7 Å². The molecule has 0 aliphatic heterocycles. The van der Waals surface area contributed by atoms with Gasteiger partial charge in [0.05, 0.1) is 0 Å². The number of amides is 1. The number of aryl methyl sites for hydroxylation is 1. The van der Waals surface area contributed by atoms with Gasteiger partial charge in [0.1, 0.15) is 5.75 Å². The van der Waals surface area contributed by atoms with Crippen LogP contribution in [0.4, 0.5) is 5.69 Å². The summed E-state index contributed by atoms with van der Waals surface area (Å²) in [5.74, 6) is 0.396. The van der Waals surface area contributed by atoms with E-state index in [1.54, 1.807) is 18.2 Å². The number of carbonyl (C=O) groups excluding carboxylic acids is 1. The molecule has 0 atom stereocenters. The molecule has 2 rings (SSSR count). The molecule has 138 valence electrons. The molecule has 0 heterocycles. The zero-order chi connectivity index (χ0) is 18.9. The number of rotatable bonds is 7. The number of ether oxygens (including phenoxy) is 1. The highest BCUT2D eigenvalue weighted by Gasteiger charge is 2.12. The molecule has 0 unspecified atom stereocenters. The number of hydrogen-bond acceptors (Lipinski definition) is 3. The lowest BCUT2D eigenvalue weighted by Crippen LogP contribution is -2.34. The maximum Gasteiger partial charge on any atom is 0.264 e. The molecule has 0 aliphatic carbocycles. The van der Waals surface area contributed by atoms with Crippen LogP contribution in [0, 0.1) is 6.92 Å². The number of anilines is 1. The maximum atomic E-state index is 12.5. The predicted molar refractivity (Wildman–Crippen MR) is 111 cm³/mol. The molecule has 0 radical (unpaired) electrons. The van der Waals surface area contributed by atoms with Crippen molar-refractivity contribution in [1.82, 2.24) is 4.90 Å². The minimum Gasteiger partial charge on any atom is -0.432 e. The summed E-state index contributed by atoms with van der Waals surface area (Å²) in [5.41, 5.74) is 2.44. The number of thiocarbonyl (C=S) groups is 1. The van der Waals surface area contributed by atoms with Gasteiger partial charge in [-0.3, -0.25) is 4.79 Å². The first-order valence-corrected chi connectivity index (χ1v) is 9.39. The van der Waals surface area contributed by atoms with Crippen molar-refractivity contribution in [2.24, 2.45) is 0 Å². The van der Waals surface area contributed by atoms with Gasteiger partial charge in [-0.25, -0.2) is 0 Å². The third-order valence-corrected chi connectivity index (χ3v) is 4.20. The number of nitrogens with zero attached hydrogens (tertiary/aromatic N) is 1. The Hall–Kier alpha value is -2.40. The highest BCUT2D eigenvalue weighted by molar-refractivity contribution is 7.80. The molecule has 0 fully saturated rings. The zero-order valence-corrected chi connectivity index (χ0v) is 16.4. The quantitative estimate of drug-likeness (QED) is 0.694. The summed E-state index contributed by atoms with van der Waals surface area (Å²) in [5, 5.41) is 3.34. The molecule has 0 aliphatic rings. The summed E-state index contributed by atoms with van der Waals surface area (Å²) < 4.78 is 5.82. The Morgan fingerprint density at radius 1 is 1.08 bits per heavy atom. The van der Waals surface area contributed by atoms with Gasteiger partial charge in [0.15, 0.2) is 0 Å². The first kappa shape index (κ1) is 19.9. The van der Waals surface area contributed by atoms with Crippen LogP contribution in [0.25, 0.3) is 0 Å². The molecule has 4 nitrogen and oxygen atoms in total. The molecule has 2 aromatic carbocycles. The maximum absolute atomic E-state index is 12.5. The summed E-state index contributed by atoms with van der Waals surface area (Å²) in [6.45, 7) is 7.96. The fraction of sp³-hybridized carbons (Fsp3) is 0.333. The van der Waals surface area contributed by atoms with E-state index in [2.05, 4.69) is 19.2 Å². The van der Waals surface area contributed by atoms with Gasteiger partial charge in [-0.15, -0.1) is 0 Å². The zero-order valence-electron chi connectivity index (χ0n) is 15.6. The standard InChI is InChI=1S/C21H26N2O2S/c1-4-13-23(14-5-2)21(26)25-19-8-6-7-17(15-19)20(24)22-18-11-9-16(3)10-12-18/h6-12,15H,4-5,13-14H2,1-3H3,(H,22,24). The van der Waals surface area contributed by atoms with Crippen LogP contribution in [-0.2, 0) is 0 Å². The predicted octanol–water partition coefficient (Wildman–Crippen LogP) is 5.03. The van der Waals surface area contributed by atoms with Crippen LogP contribution in [0.15, 0.2) is 48.5 Å². The third kappa shape index (κ3) is 5.85. The Labute approximate surface area is 161 Å². The molecule has 2 aromatic rings. The summed E-state index contributed by atoms with van der Waals surface area (Å²) in [7, 11) is 0. The SMILES string of the molecule is CCCN(CCC)C(=S)Oc1cccc(C(=O)Nc2ccc(C)cc2)c1. The van der Waals surface area contributed by atoms with E-state index in [0.29, 0.717) is 16.5 Å². The molecular formula is C21H26N2O2S. The average molecular weight is 371 g/mol. The van der Waals surface area contributed by atoms with Crippen LogP contribution < -0.4 is 10.1 Å². The molecular weight excluding hydrogens is 344 g/mol. The van der Waals surface area contributed by atoms with Crippen LogP contribution in [0.3, 0.4) is 0 Å². The normalized spacial score (nSPS) is 10.3. The van der Waals surface area contributed by atoms with Crippen molar-refractivity contribution in [2.75, 3.05) is 18.4 Å². The van der Waals surface area contributed by atoms with Gasteiger partial charge in [0.25, 0.3) is 11.1 Å². The monoisotopic (exact) mass is 370 g/mol. The van der Waals surface area contributed by atoms with Crippen LogP contribution in [0.1, 0.15) is 42.6 Å². The molecule has 0 spiro atoms. The Balaban J connectivity index is 2.05. The Morgan fingerprint density at radius 2 is 1.73 bits per heavy atom. The van der Waals surface area contributed by atoms with Crippen molar-refractivity contribution in [3.63, 3.8) is 0 Å². The largest absolute Gasteiger partial charge is 0.432 e. The van der Waals surface area contributed by atoms with Gasteiger partial charge in [-0.1, -0.05) is 37.6 Å². The molecule has 26 heavy (non-hydrogen) atoms. The Kier molecular flexibility index (Phi) is 7.60. The highest BCUT2D eigenvalue weighted by atomic mass is 32.1. The average Bonchev–Trinajstić information content (AvgIpc) is 2.63. The van der Waals surface area contributed by atoms with Gasteiger partial charge in [0, 0.05) is 24.3 Å². The number of nitrogens with one attached hydrogen (secondary N) is 1. The van der Waals surface area contributed by atoms with E-state index >= 15 is 0 Å². The minimum absolute atomic E-state index is 0.177. The number of carbonyl (C=O) groups is 1. The second-order valence-corrected chi connectivity index (χ2v) is 6.55. The van der Waals surface area contributed by atoms with Crippen LogP contribution >= 0.6 is 12.2 Å². The molecule has 0 saturated heterocycles. The first-order chi connectivity index (χ1) is 12.5. The van der Waals surface area contributed by atoms with E-state index < -0.39 is 0 Å². The van der Waals surface area contributed by atoms with Crippen molar-refractivity contribution >= 4 is 29.0 Å². The summed E-state index contributed by atoms with van der Waals surface area (Å²) in [4.78, 5) is 14.5. The molecule has 0 saturated carbocycles. The van der Waals surface area contributed by atoms with E-state index in [0.717, 1.165) is 37.2 Å². The van der Waals surface area contributed by atoms with Crippen LogP contribution in [-0.4, -0.2) is 29.1 Å². The van der Waals surface area contributed by atoms with Gasteiger partial charge in [-0.2, -0.15) is 0 Å². The van der Waals surface area contributed by atoms with Crippen LogP contribution in [0.5, 0.6) is 5.75 Å². The van der Waals surface area contributed by atoms with Crippen molar-refractivity contribution in [1.29, 1.82) is 0 Å². The lowest BCUT2D eigenvalue weighted by Gasteiger charge is -2.23. The molecule has 5 heteroatoms. The summed E-state index contributed by atoms with van der Waals surface area (Å²) >= 11 is 5.42. The van der Waals surface area contributed by atoms with Crippen LogP contribution in [0.2, 0.25) is 0 Å². The van der Waals surface area contributed by atoms with Crippen molar-refractivity contribution < 1.29 is 9.53 Å². The van der Waals surface area contributed by atoms with Crippen molar-refractivity contribution in [2.45, 2.75) is 33.6 Å². The second kappa shape index (κ2) is 9.92. The van der Waals surface area contributed by atoms with E-state index in [9.17, 15) is 4.79 Å². The smallest absolute Gasteiger partial charge is 0.264 e. The first-order valence-electron chi connectivity index (χ1n) is 8.98. The third-order valence-electron chi connectivity index (χ3n) is 3.86. The number of hydrogen-bond donors (Lipinski definition) is 1. The van der Waals surface area contributed by atoms with E-state index in [4.69, 9.17) is 17.0 Å². The highest BCUT2D eigenvalue weighted by Crippen LogP contribution is 2.17. The van der Waals surface area contributed by atoms with E-state index in [-0.39, 0.29) is 5.91 Å². The molecule has 0 bridgehead atoms. The lowest BCUT2D eigenvalue weighted by molar-refractivity contribution is 0.102. The molecule has 0 aromatic heterocycles. The topological polar surface area (TPSA) is 41.6 Å². The molecule has 1 amide bonds. The van der Waals surface area contributed by atoms with Crippen molar-refractivity contribution in [3.8, 4) is 5.75 Å².